The van der Waals surface area contributed by atoms with Gasteiger partial charge in [0, 0.05) is 0 Å². The van der Waals surface area contributed by atoms with Crippen molar-refractivity contribution in [3.63, 3.8) is 0 Å². The Hall–Kier alpha value is -2.29. The van der Waals surface area contributed by atoms with E-state index in [-0.39, 0.29) is 11.9 Å². The molecule has 1 amide bonds. The van der Waals surface area contributed by atoms with Gasteiger partial charge in [-0.05, 0) is 81.0 Å². The number of rotatable bonds is 6. The van der Waals surface area contributed by atoms with E-state index < -0.39 is 6.10 Å². The summed E-state index contributed by atoms with van der Waals surface area (Å²) in [5.74, 6) is 0.642. The standard InChI is InChI=1S/C22H29NO2/c1-7-21(19-9-8-16(4)17(5)13-19)23-22(24)18(6)25-20-11-14(2)10-15(3)12-20/h8-13,18,21H,7H2,1-6H3,(H,23,24)/t18-,21+/m1/s1. The van der Waals surface area contributed by atoms with Crippen LogP contribution in [0.5, 0.6) is 5.75 Å². The lowest BCUT2D eigenvalue weighted by molar-refractivity contribution is -0.128. The molecule has 0 aliphatic rings. The zero-order chi connectivity index (χ0) is 18.6. The molecule has 0 saturated carbocycles. The SMILES string of the molecule is CC[C@H](NC(=O)[C@@H](C)Oc1cc(C)cc(C)c1)c1ccc(C)c(C)c1. The minimum atomic E-state index is -0.540. The lowest BCUT2D eigenvalue weighted by Gasteiger charge is -2.22. The Labute approximate surface area is 151 Å². The summed E-state index contributed by atoms with van der Waals surface area (Å²) in [7, 11) is 0. The van der Waals surface area contributed by atoms with Crippen molar-refractivity contribution < 1.29 is 9.53 Å². The molecule has 1 N–H and O–H groups in total. The molecule has 2 aromatic carbocycles. The lowest BCUT2D eigenvalue weighted by atomic mass is 9.99. The van der Waals surface area contributed by atoms with Gasteiger partial charge in [0.25, 0.3) is 5.91 Å². The van der Waals surface area contributed by atoms with Crippen LogP contribution in [0.2, 0.25) is 0 Å². The second kappa shape index (κ2) is 8.19. The highest BCUT2D eigenvalue weighted by Crippen LogP contribution is 2.21. The highest BCUT2D eigenvalue weighted by molar-refractivity contribution is 5.81. The van der Waals surface area contributed by atoms with Crippen molar-refractivity contribution in [1.29, 1.82) is 0 Å². The van der Waals surface area contributed by atoms with Gasteiger partial charge < -0.3 is 10.1 Å². The molecule has 0 spiro atoms. The maximum absolute atomic E-state index is 12.6. The van der Waals surface area contributed by atoms with Crippen LogP contribution in [0, 0.1) is 27.7 Å². The number of benzene rings is 2. The van der Waals surface area contributed by atoms with Crippen molar-refractivity contribution in [1.82, 2.24) is 5.32 Å². The Balaban J connectivity index is 2.06. The van der Waals surface area contributed by atoms with Gasteiger partial charge in [-0.25, -0.2) is 0 Å². The summed E-state index contributed by atoms with van der Waals surface area (Å²) in [4.78, 5) is 12.6. The summed E-state index contributed by atoms with van der Waals surface area (Å²) in [5.41, 5.74) is 5.90. The summed E-state index contributed by atoms with van der Waals surface area (Å²) >= 11 is 0. The van der Waals surface area contributed by atoms with Crippen molar-refractivity contribution in [2.75, 3.05) is 0 Å². The number of hydrogen-bond donors (Lipinski definition) is 1. The van der Waals surface area contributed by atoms with Crippen LogP contribution in [-0.2, 0) is 4.79 Å². The van der Waals surface area contributed by atoms with Crippen LogP contribution in [0.3, 0.4) is 0 Å². The summed E-state index contributed by atoms with van der Waals surface area (Å²) < 4.78 is 5.85. The topological polar surface area (TPSA) is 38.3 Å². The summed E-state index contributed by atoms with van der Waals surface area (Å²) in [6.45, 7) is 12.1. The van der Waals surface area contributed by atoms with Gasteiger partial charge in [-0.15, -0.1) is 0 Å². The van der Waals surface area contributed by atoms with E-state index in [4.69, 9.17) is 4.74 Å². The minimum Gasteiger partial charge on any atom is -0.481 e. The second-order valence-electron chi connectivity index (χ2n) is 6.90. The molecule has 3 heteroatoms. The van der Waals surface area contributed by atoms with Crippen molar-refractivity contribution >= 4 is 5.91 Å². The third-order valence-electron chi connectivity index (χ3n) is 4.54. The van der Waals surface area contributed by atoms with Crippen LogP contribution < -0.4 is 10.1 Å². The van der Waals surface area contributed by atoms with Crippen LogP contribution in [0.25, 0.3) is 0 Å². The van der Waals surface area contributed by atoms with Gasteiger partial charge in [-0.2, -0.15) is 0 Å². The largest absolute Gasteiger partial charge is 0.481 e. The first-order valence-electron chi connectivity index (χ1n) is 8.92. The van der Waals surface area contributed by atoms with E-state index in [2.05, 4.69) is 50.4 Å². The second-order valence-corrected chi connectivity index (χ2v) is 6.90. The monoisotopic (exact) mass is 339 g/mol. The number of nitrogens with one attached hydrogen (secondary N) is 1. The van der Waals surface area contributed by atoms with Crippen molar-refractivity contribution in [3.8, 4) is 5.75 Å². The lowest BCUT2D eigenvalue weighted by Crippen LogP contribution is -2.38. The van der Waals surface area contributed by atoms with Crippen molar-refractivity contribution in [3.05, 3.63) is 64.2 Å². The Morgan fingerprint density at radius 3 is 2.20 bits per heavy atom. The van der Waals surface area contributed by atoms with Crippen LogP contribution in [0.1, 0.15) is 54.1 Å². The van der Waals surface area contributed by atoms with Gasteiger partial charge in [0.2, 0.25) is 0 Å². The molecule has 3 nitrogen and oxygen atoms in total. The molecule has 0 radical (unpaired) electrons. The smallest absolute Gasteiger partial charge is 0.261 e. The predicted molar refractivity (Wildman–Crippen MR) is 103 cm³/mol. The van der Waals surface area contributed by atoms with Crippen LogP contribution in [0.15, 0.2) is 36.4 Å². The number of amides is 1. The van der Waals surface area contributed by atoms with Gasteiger partial charge in [-0.1, -0.05) is 31.2 Å². The molecule has 134 valence electrons. The predicted octanol–water partition coefficient (Wildman–Crippen LogP) is 4.96. The Morgan fingerprint density at radius 1 is 1.00 bits per heavy atom. The van der Waals surface area contributed by atoms with Gasteiger partial charge in [0.05, 0.1) is 6.04 Å². The number of carbonyl (C=O) groups excluding carboxylic acids is 1. The molecule has 0 bridgehead atoms. The Kier molecular flexibility index (Phi) is 6.24. The summed E-state index contributed by atoms with van der Waals surface area (Å²) in [6, 6.07) is 12.3. The third kappa shape index (κ3) is 5.09. The van der Waals surface area contributed by atoms with Gasteiger partial charge in [0.15, 0.2) is 6.10 Å². The van der Waals surface area contributed by atoms with E-state index in [9.17, 15) is 4.79 Å². The maximum atomic E-state index is 12.6. The first-order chi connectivity index (χ1) is 11.8. The van der Waals surface area contributed by atoms with E-state index in [1.54, 1.807) is 6.92 Å². The third-order valence-corrected chi connectivity index (χ3v) is 4.54. The molecule has 2 atom stereocenters. The molecule has 0 unspecified atom stereocenters. The van der Waals surface area contributed by atoms with Crippen LogP contribution in [0.4, 0.5) is 0 Å². The first-order valence-corrected chi connectivity index (χ1v) is 8.92. The highest BCUT2D eigenvalue weighted by Gasteiger charge is 2.19. The molecule has 0 heterocycles. The summed E-state index contributed by atoms with van der Waals surface area (Å²) in [5, 5.41) is 3.11. The first kappa shape index (κ1) is 19.0. The fraction of sp³-hybridized carbons (Fsp3) is 0.409. The molecule has 0 aliphatic heterocycles. The number of ether oxygens (including phenoxy) is 1. The van der Waals surface area contributed by atoms with E-state index >= 15 is 0 Å². The average molecular weight is 339 g/mol. The van der Waals surface area contributed by atoms with E-state index in [0.717, 1.165) is 28.9 Å². The molecule has 2 rings (SSSR count). The molecule has 0 saturated heterocycles. The summed E-state index contributed by atoms with van der Waals surface area (Å²) in [6.07, 6.45) is 0.298. The molecule has 0 fully saturated rings. The van der Waals surface area contributed by atoms with E-state index in [0.29, 0.717) is 0 Å². The van der Waals surface area contributed by atoms with Gasteiger partial charge in [-0.3, -0.25) is 4.79 Å². The number of hydrogen-bond acceptors (Lipinski definition) is 2. The quantitative estimate of drug-likeness (QED) is 0.808. The average Bonchev–Trinajstić information content (AvgIpc) is 2.54. The van der Waals surface area contributed by atoms with Crippen LogP contribution in [-0.4, -0.2) is 12.0 Å². The van der Waals surface area contributed by atoms with Gasteiger partial charge in [0.1, 0.15) is 5.75 Å². The molecule has 2 aromatic rings. The van der Waals surface area contributed by atoms with Gasteiger partial charge >= 0.3 is 0 Å². The minimum absolute atomic E-state index is 0.00269. The zero-order valence-electron chi connectivity index (χ0n) is 16.1. The van der Waals surface area contributed by atoms with Crippen LogP contribution >= 0.6 is 0 Å². The van der Waals surface area contributed by atoms with Crippen molar-refractivity contribution in [2.24, 2.45) is 0 Å². The molecule has 25 heavy (non-hydrogen) atoms. The fourth-order valence-electron chi connectivity index (χ4n) is 2.95. The molecule has 0 aliphatic carbocycles. The molecular weight excluding hydrogens is 310 g/mol. The highest BCUT2D eigenvalue weighted by atomic mass is 16.5. The normalized spacial score (nSPS) is 13.2. The molecular formula is C22H29NO2. The van der Waals surface area contributed by atoms with E-state index in [1.165, 1.54) is 11.1 Å². The molecule has 0 aromatic heterocycles. The van der Waals surface area contributed by atoms with Crippen molar-refractivity contribution in [2.45, 2.75) is 60.1 Å². The Bertz CT molecular complexity index is 731. The van der Waals surface area contributed by atoms with E-state index in [1.807, 2.05) is 26.0 Å². The number of carbonyl (C=O) groups is 1. The maximum Gasteiger partial charge on any atom is 0.261 e. The number of aryl methyl sites for hydroxylation is 4. The fourth-order valence-corrected chi connectivity index (χ4v) is 2.95. The Morgan fingerprint density at radius 2 is 1.64 bits per heavy atom. The zero-order valence-corrected chi connectivity index (χ0v) is 16.1.